The molecule has 1 aromatic rings. The van der Waals surface area contributed by atoms with Gasteiger partial charge in [-0.1, -0.05) is 13.8 Å². The fraction of sp³-hybridized carbons (Fsp3) is 0.667. The van der Waals surface area contributed by atoms with Gasteiger partial charge in [-0.3, -0.25) is 9.59 Å². The number of aromatic nitrogens is 1. The van der Waals surface area contributed by atoms with Gasteiger partial charge in [0.25, 0.3) is 5.91 Å². The minimum Gasteiger partial charge on any atom is -0.364 e. The summed E-state index contributed by atoms with van der Waals surface area (Å²) in [5.41, 5.74) is 1.30. The van der Waals surface area contributed by atoms with Crippen molar-refractivity contribution in [2.45, 2.75) is 27.2 Å². The molecule has 0 bridgehead atoms. The number of pyridine rings is 1. The number of nitrogens with one attached hydrogen (secondary N) is 1. The van der Waals surface area contributed by atoms with Gasteiger partial charge in [0.1, 0.15) is 5.56 Å². The summed E-state index contributed by atoms with van der Waals surface area (Å²) in [5.74, 6) is 0.375. The molecule has 1 saturated heterocycles. The summed E-state index contributed by atoms with van der Waals surface area (Å²) in [4.78, 5) is 32.0. The SMILES string of the molecule is Cc1cc(=O)c(C(=O)N2C[C@@H]3C(C)(C)C[C@]3(CN(C)C)C2)c[nH]1. The Bertz CT molecular complexity index is 688. The van der Waals surface area contributed by atoms with E-state index in [0.717, 1.165) is 31.7 Å². The van der Waals surface area contributed by atoms with Crippen LogP contribution in [0.1, 0.15) is 36.3 Å². The van der Waals surface area contributed by atoms with Gasteiger partial charge in [0.15, 0.2) is 5.43 Å². The van der Waals surface area contributed by atoms with Crippen LogP contribution >= 0.6 is 0 Å². The molecule has 1 saturated carbocycles. The third kappa shape index (κ3) is 2.61. The number of nitrogens with zero attached hydrogens (tertiary/aromatic N) is 2. The van der Waals surface area contributed by atoms with Gasteiger partial charge in [-0.05, 0) is 38.8 Å². The first-order valence-corrected chi connectivity index (χ1v) is 8.28. The molecule has 1 aliphatic heterocycles. The van der Waals surface area contributed by atoms with Gasteiger partial charge < -0.3 is 14.8 Å². The van der Waals surface area contributed by atoms with Gasteiger partial charge in [0.2, 0.25) is 0 Å². The average Bonchev–Trinajstić information content (AvgIpc) is 2.72. The minimum atomic E-state index is -0.189. The Morgan fingerprint density at radius 3 is 2.70 bits per heavy atom. The molecule has 1 aliphatic carbocycles. The van der Waals surface area contributed by atoms with E-state index in [-0.39, 0.29) is 27.7 Å². The predicted molar refractivity (Wildman–Crippen MR) is 90.6 cm³/mol. The highest BCUT2D eigenvalue weighted by atomic mass is 16.2. The molecule has 5 nitrogen and oxygen atoms in total. The molecule has 0 unspecified atom stereocenters. The zero-order valence-electron chi connectivity index (χ0n) is 14.8. The van der Waals surface area contributed by atoms with Gasteiger partial charge in [-0.2, -0.15) is 0 Å². The Hall–Kier alpha value is -1.62. The number of hydrogen-bond donors (Lipinski definition) is 1. The highest BCUT2D eigenvalue weighted by Crippen LogP contribution is 2.62. The molecule has 1 aromatic heterocycles. The standard InChI is InChI=1S/C18H27N3O2/c1-12-6-14(22)13(7-19-12)16(23)21-8-15-17(2,3)9-18(15,11-21)10-20(4)5/h6-7,15H,8-11H2,1-5H3,(H,19,22)/t15-,18+/m1/s1. The molecule has 3 rings (SSSR count). The summed E-state index contributed by atoms with van der Waals surface area (Å²) in [7, 11) is 4.18. The zero-order chi connectivity index (χ0) is 17.0. The van der Waals surface area contributed by atoms with Crippen molar-refractivity contribution >= 4 is 5.91 Å². The van der Waals surface area contributed by atoms with E-state index >= 15 is 0 Å². The molecule has 0 spiro atoms. The zero-order valence-corrected chi connectivity index (χ0v) is 14.8. The van der Waals surface area contributed by atoms with Crippen molar-refractivity contribution in [3.05, 3.63) is 33.7 Å². The molecule has 126 valence electrons. The van der Waals surface area contributed by atoms with E-state index < -0.39 is 0 Å². The van der Waals surface area contributed by atoms with Crippen molar-refractivity contribution in [3.63, 3.8) is 0 Å². The topological polar surface area (TPSA) is 56.4 Å². The fourth-order valence-corrected chi connectivity index (χ4v) is 5.03. The lowest BCUT2D eigenvalue weighted by Crippen LogP contribution is -2.57. The maximum Gasteiger partial charge on any atom is 0.259 e. The molecule has 0 aromatic carbocycles. The minimum absolute atomic E-state index is 0.130. The number of hydrogen-bond acceptors (Lipinski definition) is 3. The average molecular weight is 317 g/mol. The van der Waals surface area contributed by atoms with Crippen molar-refractivity contribution in [3.8, 4) is 0 Å². The first kappa shape index (κ1) is 16.2. The molecule has 1 N–H and O–H groups in total. The first-order chi connectivity index (χ1) is 10.6. The van der Waals surface area contributed by atoms with Crippen LogP contribution in [0.15, 0.2) is 17.1 Å². The van der Waals surface area contributed by atoms with E-state index in [2.05, 4.69) is 37.8 Å². The number of aromatic amines is 1. The Kier molecular flexibility index (Phi) is 3.67. The molecule has 2 fully saturated rings. The molecule has 5 heteroatoms. The van der Waals surface area contributed by atoms with Crippen LogP contribution in [0.4, 0.5) is 0 Å². The van der Waals surface area contributed by atoms with Crippen molar-refractivity contribution < 1.29 is 4.79 Å². The van der Waals surface area contributed by atoms with Crippen LogP contribution in [0.2, 0.25) is 0 Å². The number of rotatable bonds is 3. The van der Waals surface area contributed by atoms with Crippen LogP contribution in [0, 0.1) is 23.7 Å². The molecule has 0 radical (unpaired) electrons. The van der Waals surface area contributed by atoms with Gasteiger partial charge in [0.05, 0.1) is 0 Å². The largest absolute Gasteiger partial charge is 0.364 e. The van der Waals surface area contributed by atoms with Crippen molar-refractivity contribution in [2.75, 3.05) is 33.7 Å². The number of likely N-dealkylation sites (tertiary alicyclic amines) is 1. The second-order valence-electron chi connectivity index (χ2n) is 8.40. The van der Waals surface area contributed by atoms with Crippen molar-refractivity contribution in [1.29, 1.82) is 0 Å². The second-order valence-corrected chi connectivity index (χ2v) is 8.40. The van der Waals surface area contributed by atoms with Gasteiger partial charge in [-0.15, -0.1) is 0 Å². The van der Waals surface area contributed by atoms with E-state index in [4.69, 9.17) is 0 Å². The lowest BCUT2D eigenvalue weighted by molar-refractivity contribution is -0.0789. The monoisotopic (exact) mass is 317 g/mol. The molecular weight excluding hydrogens is 290 g/mol. The number of carbonyl (C=O) groups is 1. The highest BCUT2D eigenvalue weighted by molar-refractivity contribution is 5.94. The van der Waals surface area contributed by atoms with Crippen LogP contribution in [0.5, 0.6) is 0 Å². The third-order valence-corrected chi connectivity index (χ3v) is 5.60. The second kappa shape index (κ2) is 5.20. The van der Waals surface area contributed by atoms with E-state index in [0.29, 0.717) is 5.92 Å². The smallest absolute Gasteiger partial charge is 0.259 e. The Morgan fingerprint density at radius 2 is 2.13 bits per heavy atom. The number of H-pyrrole nitrogens is 1. The van der Waals surface area contributed by atoms with Crippen LogP contribution in [0.3, 0.4) is 0 Å². The lowest BCUT2D eigenvalue weighted by atomic mass is 9.48. The number of amides is 1. The maximum atomic E-state index is 12.8. The Balaban J connectivity index is 1.85. The summed E-state index contributed by atoms with van der Waals surface area (Å²) in [6, 6.07) is 1.50. The summed E-state index contributed by atoms with van der Waals surface area (Å²) < 4.78 is 0. The van der Waals surface area contributed by atoms with Gasteiger partial charge >= 0.3 is 0 Å². The highest BCUT2D eigenvalue weighted by Gasteiger charge is 2.63. The van der Waals surface area contributed by atoms with E-state index in [1.54, 1.807) is 6.20 Å². The summed E-state index contributed by atoms with van der Waals surface area (Å²) in [6.07, 6.45) is 2.70. The summed E-state index contributed by atoms with van der Waals surface area (Å²) in [6.45, 7) is 8.91. The van der Waals surface area contributed by atoms with E-state index in [1.165, 1.54) is 6.07 Å². The Morgan fingerprint density at radius 1 is 1.43 bits per heavy atom. The number of carbonyl (C=O) groups excluding carboxylic acids is 1. The normalized spacial score (nSPS) is 28.6. The maximum absolute atomic E-state index is 12.8. The molecule has 23 heavy (non-hydrogen) atoms. The molecule has 2 heterocycles. The number of fused-ring (bicyclic) bond motifs is 1. The molecular formula is C18H27N3O2. The number of aryl methyl sites for hydroxylation is 1. The third-order valence-electron chi connectivity index (χ3n) is 5.60. The van der Waals surface area contributed by atoms with Gasteiger partial charge in [0, 0.05) is 43.0 Å². The molecule has 1 amide bonds. The Labute approximate surface area is 137 Å². The van der Waals surface area contributed by atoms with Crippen LogP contribution in [-0.2, 0) is 0 Å². The summed E-state index contributed by atoms with van der Waals surface area (Å²) >= 11 is 0. The van der Waals surface area contributed by atoms with Crippen LogP contribution in [0.25, 0.3) is 0 Å². The molecule has 2 atom stereocenters. The van der Waals surface area contributed by atoms with E-state index in [1.807, 2.05) is 11.8 Å². The lowest BCUT2D eigenvalue weighted by Gasteiger charge is -2.57. The van der Waals surface area contributed by atoms with Crippen LogP contribution < -0.4 is 5.43 Å². The van der Waals surface area contributed by atoms with Gasteiger partial charge in [-0.25, -0.2) is 0 Å². The predicted octanol–water partition coefficient (Wildman–Crippen LogP) is 1.73. The first-order valence-electron chi connectivity index (χ1n) is 8.28. The van der Waals surface area contributed by atoms with Crippen molar-refractivity contribution in [2.24, 2.45) is 16.7 Å². The summed E-state index contributed by atoms with van der Waals surface area (Å²) in [5, 5.41) is 0. The van der Waals surface area contributed by atoms with Crippen LogP contribution in [-0.4, -0.2) is 54.4 Å². The van der Waals surface area contributed by atoms with E-state index in [9.17, 15) is 9.59 Å². The molecule has 2 aliphatic rings. The fourth-order valence-electron chi connectivity index (χ4n) is 5.03. The quantitative estimate of drug-likeness (QED) is 0.924. The van der Waals surface area contributed by atoms with Crippen molar-refractivity contribution in [1.82, 2.24) is 14.8 Å².